The molecule has 0 aliphatic heterocycles. The van der Waals surface area contributed by atoms with Crippen LogP contribution in [-0.2, 0) is 0 Å². The third kappa shape index (κ3) is 1.12. The predicted octanol–water partition coefficient (Wildman–Crippen LogP) is 0.425. The molecule has 5 nitrogen and oxygen atoms in total. The van der Waals surface area contributed by atoms with E-state index in [0.717, 1.165) is 0 Å². The minimum absolute atomic E-state index is 0.154. The van der Waals surface area contributed by atoms with Gasteiger partial charge in [0, 0.05) is 12.3 Å². The highest BCUT2D eigenvalue weighted by atomic mass is 16.4. The highest BCUT2D eigenvalue weighted by Gasteiger charge is 2.01. The predicted molar refractivity (Wildman–Crippen MR) is 40.4 cm³/mol. The Morgan fingerprint density at radius 2 is 2.33 bits per heavy atom. The molecule has 2 aromatic heterocycles. The van der Waals surface area contributed by atoms with Crippen molar-refractivity contribution >= 4 is 0 Å². The molecule has 0 aromatic carbocycles. The number of aromatic amines is 1. The zero-order valence-electron chi connectivity index (χ0n) is 6.02. The fourth-order valence-corrected chi connectivity index (χ4v) is 0.842. The van der Waals surface area contributed by atoms with E-state index in [1.54, 1.807) is 6.07 Å². The summed E-state index contributed by atoms with van der Waals surface area (Å²) in [4.78, 5) is 13.2. The van der Waals surface area contributed by atoms with Gasteiger partial charge in [-0.3, -0.25) is 4.79 Å². The van der Waals surface area contributed by atoms with E-state index in [9.17, 15) is 4.79 Å². The van der Waals surface area contributed by atoms with Gasteiger partial charge in [0.15, 0.2) is 0 Å². The molecule has 0 unspecified atom stereocenters. The first-order valence-corrected chi connectivity index (χ1v) is 3.31. The van der Waals surface area contributed by atoms with Gasteiger partial charge < -0.3 is 9.40 Å². The minimum Gasteiger partial charge on any atom is -0.423 e. The summed E-state index contributed by atoms with van der Waals surface area (Å²) >= 11 is 0. The maximum absolute atomic E-state index is 10.7. The largest absolute Gasteiger partial charge is 0.423 e. The van der Waals surface area contributed by atoms with Crippen LogP contribution in [-0.4, -0.2) is 15.2 Å². The van der Waals surface area contributed by atoms with Gasteiger partial charge in [-0.15, -0.1) is 10.2 Å². The standard InChI is InChI=1S/C7H5N3O2/c11-6-2-1-5(3-8-6)7-10-9-4-12-7/h1-4H,(H,8,11). The first kappa shape index (κ1) is 6.78. The van der Waals surface area contributed by atoms with Crippen LogP contribution < -0.4 is 5.56 Å². The number of hydrogen-bond acceptors (Lipinski definition) is 4. The van der Waals surface area contributed by atoms with Gasteiger partial charge in [0.25, 0.3) is 0 Å². The summed E-state index contributed by atoms with van der Waals surface area (Å²) in [7, 11) is 0. The lowest BCUT2D eigenvalue weighted by Crippen LogP contribution is -2.01. The molecular weight excluding hydrogens is 158 g/mol. The summed E-state index contributed by atoms with van der Waals surface area (Å²) in [6.45, 7) is 0. The Morgan fingerprint density at radius 1 is 1.42 bits per heavy atom. The topological polar surface area (TPSA) is 71.8 Å². The van der Waals surface area contributed by atoms with Crippen LogP contribution in [0.5, 0.6) is 0 Å². The van der Waals surface area contributed by atoms with E-state index >= 15 is 0 Å². The van der Waals surface area contributed by atoms with Gasteiger partial charge in [0.05, 0.1) is 5.56 Å². The van der Waals surface area contributed by atoms with Gasteiger partial charge in [-0.1, -0.05) is 0 Å². The van der Waals surface area contributed by atoms with E-state index in [-0.39, 0.29) is 5.56 Å². The Hall–Kier alpha value is -1.91. The van der Waals surface area contributed by atoms with Crippen molar-refractivity contribution in [1.82, 2.24) is 15.2 Å². The van der Waals surface area contributed by atoms with Gasteiger partial charge in [-0.25, -0.2) is 0 Å². The average molecular weight is 163 g/mol. The smallest absolute Gasteiger partial charge is 0.248 e. The number of H-pyrrole nitrogens is 1. The maximum atomic E-state index is 10.7. The lowest BCUT2D eigenvalue weighted by molar-refractivity contribution is 0.568. The van der Waals surface area contributed by atoms with Crippen LogP contribution >= 0.6 is 0 Å². The van der Waals surface area contributed by atoms with Crippen molar-refractivity contribution in [3.8, 4) is 11.5 Å². The quantitative estimate of drug-likeness (QED) is 0.661. The molecule has 2 heterocycles. The molecule has 5 heteroatoms. The highest BCUT2D eigenvalue weighted by molar-refractivity contribution is 5.49. The Kier molecular flexibility index (Phi) is 1.48. The average Bonchev–Trinajstić information content (AvgIpc) is 2.58. The molecular formula is C7H5N3O2. The summed E-state index contributed by atoms with van der Waals surface area (Å²) in [5.74, 6) is 0.395. The van der Waals surface area contributed by atoms with Crippen LogP contribution in [0.3, 0.4) is 0 Å². The van der Waals surface area contributed by atoms with Gasteiger partial charge >= 0.3 is 0 Å². The second-order valence-corrected chi connectivity index (χ2v) is 2.19. The van der Waals surface area contributed by atoms with Crippen LogP contribution in [0.4, 0.5) is 0 Å². The number of rotatable bonds is 1. The summed E-state index contributed by atoms with van der Waals surface area (Å²) in [5.41, 5.74) is 0.547. The fraction of sp³-hybridized carbons (Fsp3) is 0. The van der Waals surface area contributed by atoms with Crippen LogP contribution in [0, 0.1) is 0 Å². The first-order valence-electron chi connectivity index (χ1n) is 3.31. The van der Waals surface area contributed by atoms with Crippen molar-refractivity contribution in [2.45, 2.75) is 0 Å². The molecule has 0 atom stereocenters. The SMILES string of the molecule is O=c1ccc(-c2nnco2)c[nH]1. The fourth-order valence-electron chi connectivity index (χ4n) is 0.842. The summed E-state index contributed by atoms with van der Waals surface area (Å²) in [5, 5.41) is 7.19. The van der Waals surface area contributed by atoms with Crippen LogP contribution in [0.15, 0.2) is 33.9 Å². The van der Waals surface area contributed by atoms with E-state index in [1.807, 2.05) is 0 Å². The number of aromatic nitrogens is 3. The molecule has 0 radical (unpaired) electrons. The van der Waals surface area contributed by atoms with Gasteiger partial charge in [-0.05, 0) is 6.07 Å². The third-order valence-corrected chi connectivity index (χ3v) is 1.39. The summed E-state index contributed by atoms with van der Waals surface area (Å²) < 4.78 is 4.92. The first-order chi connectivity index (χ1) is 5.86. The zero-order chi connectivity index (χ0) is 8.39. The van der Waals surface area contributed by atoms with Gasteiger partial charge in [0.1, 0.15) is 0 Å². The van der Waals surface area contributed by atoms with Crippen molar-refractivity contribution in [2.24, 2.45) is 0 Å². The van der Waals surface area contributed by atoms with E-state index in [2.05, 4.69) is 15.2 Å². The molecule has 0 aliphatic rings. The van der Waals surface area contributed by atoms with E-state index in [1.165, 1.54) is 18.7 Å². The molecule has 0 aliphatic carbocycles. The Bertz CT molecular complexity index is 398. The molecule has 0 saturated heterocycles. The number of pyridine rings is 1. The molecule has 0 fully saturated rings. The molecule has 2 aromatic rings. The third-order valence-electron chi connectivity index (χ3n) is 1.39. The van der Waals surface area contributed by atoms with Crippen LogP contribution in [0.25, 0.3) is 11.5 Å². The van der Waals surface area contributed by atoms with Crippen molar-refractivity contribution in [1.29, 1.82) is 0 Å². The van der Waals surface area contributed by atoms with Crippen molar-refractivity contribution in [3.05, 3.63) is 35.1 Å². The molecule has 12 heavy (non-hydrogen) atoms. The molecule has 0 bridgehead atoms. The molecule has 0 amide bonds. The van der Waals surface area contributed by atoms with E-state index < -0.39 is 0 Å². The molecule has 2 rings (SSSR count). The molecule has 0 saturated carbocycles. The minimum atomic E-state index is -0.154. The van der Waals surface area contributed by atoms with Gasteiger partial charge in [-0.2, -0.15) is 0 Å². The number of hydrogen-bond donors (Lipinski definition) is 1. The second kappa shape index (κ2) is 2.61. The monoisotopic (exact) mass is 163 g/mol. The number of nitrogens with zero attached hydrogens (tertiary/aromatic N) is 2. The van der Waals surface area contributed by atoms with E-state index in [4.69, 9.17) is 4.42 Å². The summed E-state index contributed by atoms with van der Waals surface area (Å²) in [6, 6.07) is 3.02. The van der Waals surface area contributed by atoms with E-state index in [0.29, 0.717) is 11.5 Å². The highest BCUT2D eigenvalue weighted by Crippen LogP contribution is 2.11. The Morgan fingerprint density at radius 3 is 2.92 bits per heavy atom. The lowest BCUT2D eigenvalue weighted by atomic mass is 10.3. The Balaban J connectivity index is 2.49. The molecule has 60 valence electrons. The van der Waals surface area contributed by atoms with Crippen LogP contribution in [0.1, 0.15) is 0 Å². The zero-order valence-corrected chi connectivity index (χ0v) is 6.02. The molecule has 0 spiro atoms. The van der Waals surface area contributed by atoms with Crippen molar-refractivity contribution in [2.75, 3.05) is 0 Å². The van der Waals surface area contributed by atoms with Gasteiger partial charge in [0.2, 0.25) is 17.8 Å². The van der Waals surface area contributed by atoms with Crippen molar-refractivity contribution < 1.29 is 4.42 Å². The summed E-state index contributed by atoms with van der Waals surface area (Å²) in [6.07, 6.45) is 2.76. The van der Waals surface area contributed by atoms with Crippen LogP contribution in [0.2, 0.25) is 0 Å². The Labute approximate surface area is 67.1 Å². The second-order valence-electron chi connectivity index (χ2n) is 2.19. The lowest BCUT2D eigenvalue weighted by Gasteiger charge is -1.90. The number of nitrogens with one attached hydrogen (secondary N) is 1. The normalized spacial score (nSPS) is 10.0. The molecule has 1 N–H and O–H groups in total. The maximum Gasteiger partial charge on any atom is 0.248 e. The van der Waals surface area contributed by atoms with Crippen molar-refractivity contribution in [3.63, 3.8) is 0 Å².